The smallest absolute Gasteiger partial charge is 0.270 e. The number of amides is 1. The topological polar surface area (TPSA) is 38.8 Å². The van der Waals surface area contributed by atoms with Crippen LogP contribution in [0.2, 0.25) is 5.02 Å². The first kappa shape index (κ1) is 20.7. The van der Waals surface area contributed by atoms with Crippen LogP contribution in [0.3, 0.4) is 0 Å². The molecule has 7 heteroatoms. The Morgan fingerprint density at radius 3 is 2.68 bits per heavy atom. The number of thioether (sulfide) groups is 1. The van der Waals surface area contributed by atoms with Crippen molar-refractivity contribution in [2.75, 3.05) is 12.0 Å². The van der Waals surface area contributed by atoms with E-state index in [1.807, 2.05) is 37.3 Å². The summed E-state index contributed by atoms with van der Waals surface area (Å²) < 4.78 is 11.6. The van der Waals surface area contributed by atoms with Gasteiger partial charge in [0.05, 0.1) is 28.8 Å². The summed E-state index contributed by atoms with van der Waals surface area (Å²) in [6, 6.07) is 12.8. The van der Waals surface area contributed by atoms with Crippen molar-refractivity contribution < 1.29 is 14.3 Å². The fourth-order valence-electron chi connectivity index (χ4n) is 2.63. The number of benzene rings is 2. The fraction of sp³-hybridized carbons (Fsp3) is 0.238. The molecule has 0 bridgehead atoms. The fourth-order valence-corrected chi connectivity index (χ4v) is 4.17. The number of nitrogens with zero attached hydrogens (tertiary/aromatic N) is 1. The summed E-state index contributed by atoms with van der Waals surface area (Å²) in [5.41, 5.74) is 1.46. The minimum absolute atomic E-state index is 0.0884. The van der Waals surface area contributed by atoms with E-state index < -0.39 is 0 Å². The van der Waals surface area contributed by atoms with Crippen LogP contribution in [-0.4, -0.2) is 23.4 Å². The molecule has 1 saturated heterocycles. The highest BCUT2D eigenvalue weighted by Crippen LogP contribution is 2.39. The summed E-state index contributed by atoms with van der Waals surface area (Å²) in [7, 11) is 1.54. The lowest BCUT2D eigenvalue weighted by molar-refractivity contribution is -0.113. The number of methoxy groups -OCH3 is 1. The maximum Gasteiger partial charge on any atom is 0.270 e. The molecule has 2 aromatic rings. The predicted molar refractivity (Wildman–Crippen MR) is 120 cm³/mol. The first-order chi connectivity index (χ1) is 13.4. The second-order valence-corrected chi connectivity index (χ2v) is 8.29. The Hall–Kier alpha value is -2.02. The molecule has 1 aliphatic rings. The van der Waals surface area contributed by atoms with E-state index in [4.69, 9.17) is 33.3 Å². The molecule has 1 atom stereocenters. The van der Waals surface area contributed by atoms with Crippen molar-refractivity contribution in [3.05, 3.63) is 58.0 Å². The van der Waals surface area contributed by atoms with Crippen molar-refractivity contribution in [3.63, 3.8) is 0 Å². The van der Waals surface area contributed by atoms with Gasteiger partial charge in [0.25, 0.3) is 5.91 Å². The van der Waals surface area contributed by atoms with E-state index in [1.54, 1.807) is 25.3 Å². The van der Waals surface area contributed by atoms with Crippen LogP contribution in [0.5, 0.6) is 11.5 Å². The Morgan fingerprint density at radius 2 is 2.00 bits per heavy atom. The van der Waals surface area contributed by atoms with Crippen molar-refractivity contribution in [2.24, 2.45) is 0 Å². The summed E-state index contributed by atoms with van der Waals surface area (Å²) in [5, 5.41) is 0.422. The Balaban J connectivity index is 1.91. The molecule has 1 heterocycles. The molecule has 1 aliphatic heterocycles. The summed E-state index contributed by atoms with van der Waals surface area (Å²) in [6.45, 7) is 4.09. The number of carbonyl (C=O) groups excluding carboxylic acids is 1. The molecule has 0 spiro atoms. The zero-order valence-electron chi connectivity index (χ0n) is 15.8. The number of hydrogen-bond acceptors (Lipinski definition) is 5. The zero-order valence-corrected chi connectivity index (χ0v) is 18.2. The lowest BCUT2D eigenvalue weighted by Gasteiger charge is -2.16. The number of thiocarbonyl (C=S) groups is 1. The summed E-state index contributed by atoms with van der Waals surface area (Å²) >= 11 is 12.9. The Labute approximate surface area is 179 Å². The van der Waals surface area contributed by atoms with Gasteiger partial charge < -0.3 is 9.47 Å². The standard InChI is InChI=1S/C21H20ClNO3S2/c1-4-13(2)26-17-8-6-5-7-14(17)11-19-20(24)23(21(27)28-19)15-9-10-18(25-3)16(22)12-15/h5-13H,4H2,1-3H3/b19-11+/t13-/m1/s1. The molecule has 0 unspecified atom stereocenters. The number of rotatable bonds is 6. The van der Waals surface area contributed by atoms with Gasteiger partial charge in [0.1, 0.15) is 11.5 Å². The quantitative estimate of drug-likeness (QED) is 0.417. The SMILES string of the molecule is CC[C@@H](C)Oc1ccccc1/C=C1/SC(=S)N(c2ccc(OC)c(Cl)c2)C1=O. The van der Waals surface area contributed by atoms with Gasteiger partial charge in [-0.25, -0.2) is 0 Å². The zero-order chi connectivity index (χ0) is 20.3. The van der Waals surface area contributed by atoms with Gasteiger partial charge in [-0.2, -0.15) is 0 Å². The predicted octanol–water partition coefficient (Wildman–Crippen LogP) is 5.93. The highest BCUT2D eigenvalue weighted by molar-refractivity contribution is 8.27. The molecule has 1 amide bonds. The molecule has 4 nitrogen and oxygen atoms in total. The van der Waals surface area contributed by atoms with Crippen LogP contribution in [0.15, 0.2) is 47.4 Å². The Kier molecular flexibility index (Phi) is 6.65. The van der Waals surface area contributed by atoms with Crippen LogP contribution in [0.25, 0.3) is 6.08 Å². The molecule has 0 aliphatic carbocycles. The van der Waals surface area contributed by atoms with Crippen molar-refractivity contribution >= 4 is 57.6 Å². The van der Waals surface area contributed by atoms with Gasteiger partial charge in [-0.05, 0) is 43.7 Å². The third-order valence-electron chi connectivity index (χ3n) is 4.30. The van der Waals surface area contributed by atoms with Gasteiger partial charge in [-0.3, -0.25) is 9.69 Å². The van der Waals surface area contributed by atoms with Gasteiger partial charge in [0.15, 0.2) is 4.32 Å². The minimum Gasteiger partial charge on any atom is -0.495 e. The molecule has 0 N–H and O–H groups in total. The maximum absolute atomic E-state index is 13.0. The van der Waals surface area contributed by atoms with E-state index in [9.17, 15) is 4.79 Å². The largest absolute Gasteiger partial charge is 0.495 e. The molecule has 2 aromatic carbocycles. The Bertz CT molecular complexity index is 945. The van der Waals surface area contributed by atoms with Crippen molar-refractivity contribution in [1.29, 1.82) is 0 Å². The van der Waals surface area contributed by atoms with Gasteiger partial charge >= 0.3 is 0 Å². The normalized spacial score (nSPS) is 16.6. The molecule has 28 heavy (non-hydrogen) atoms. The number of anilines is 1. The first-order valence-corrected chi connectivity index (χ1v) is 10.4. The molecular weight excluding hydrogens is 414 g/mol. The molecule has 0 aromatic heterocycles. The van der Waals surface area contributed by atoms with E-state index in [1.165, 1.54) is 16.7 Å². The monoisotopic (exact) mass is 433 g/mol. The first-order valence-electron chi connectivity index (χ1n) is 8.81. The third-order valence-corrected chi connectivity index (χ3v) is 5.89. The molecular formula is C21H20ClNO3S2. The van der Waals surface area contributed by atoms with E-state index >= 15 is 0 Å². The van der Waals surface area contributed by atoms with Gasteiger partial charge in [0.2, 0.25) is 0 Å². The van der Waals surface area contributed by atoms with E-state index in [0.717, 1.165) is 17.7 Å². The highest BCUT2D eigenvalue weighted by atomic mass is 35.5. The molecule has 0 saturated carbocycles. The number of hydrogen-bond donors (Lipinski definition) is 0. The molecule has 0 radical (unpaired) electrons. The number of halogens is 1. The van der Waals surface area contributed by atoms with E-state index in [0.29, 0.717) is 25.7 Å². The van der Waals surface area contributed by atoms with Crippen LogP contribution < -0.4 is 14.4 Å². The number of carbonyl (C=O) groups is 1. The summed E-state index contributed by atoms with van der Waals surface area (Å²) in [5.74, 6) is 1.10. The molecule has 1 fully saturated rings. The van der Waals surface area contributed by atoms with Crippen molar-refractivity contribution in [1.82, 2.24) is 0 Å². The average molecular weight is 434 g/mol. The van der Waals surface area contributed by atoms with Crippen LogP contribution in [0.1, 0.15) is 25.8 Å². The summed E-state index contributed by atoms with van der Waals surface area (Å²) in [6.07, 6.45) is 2.81. The second kappa shape index (κ2) is 8.99. The molecule has 146 valence electrons. The van der Waals surface area contributed by atoms with Crippen molar-refractivity contribution in [2.45, 2.75) is 26.4 Å². The lowest BCUT2D eigenvalue weighted by Crippen LogP contribution is -2.27. The third kappa shape index (κ3) is 4.35. The maximum atomic E-state index is 13.0. The minimum atomic E-state index is -0.186. The highest BCUT2D eigenvalue weighted by Gasteiger charge is 2.33. The van der Waals surface area contributed by atoms with Gasteiger partial charge in [-0.15, -0.1) is 0 Å². The van der Waals surface area contributed by atoms with Crippen LogP contribution in [0.4, 0.5) is 5.69 Å². The van der Waals surface area contributed by atoms with Gasteiger partial charge in [-0.1, -0.05) is 60.7 Å². The average Bonchev–Trinajstić information content (AvgIpc) is 2.96. The van der Waals surface area contributed by atoms with Crippen LogP contribution >= 0.6 is 35.6 Å². The Morgan fingerprint density at radius 1 is 1.25 bits per heavy atom. The molecule has 3 rings (SSSR count). The van der Waals surface area contributed by atoms with Crippen molar-refractivity contribution in [3.8, 4) is 11.5 Å². The number of para-hydroxylation sites is 1. The number of ether oxygens (including phenoxy) is 2. The van der Waals surface area contributed by atoms with Gasteiger partial charge in [0, 0.05) is 5.56 Å². The van der Waals surface area contributed by atoms with E-state index in [-0.39, 0.29) is 12.0 Å². The second-order valence-electron chi connectivity index (χ2n) is 6.21. The lowest BCUT2D eigenvalue weighted by atomic mass is 10.1. The van der Waals surface area contributed by atoms with Crippen LogP contribution in [-0.2, 0) is 4.79 Å². The van der Waals surface area contributed by atoms with Crippen LogP contribution in [0, 0.1) is 0 Å². The summed E-state index contributed by atoms with van der Waals surface area (Å²) in [4.78, 5) is 15.0. The van der Waals surface area contributed by atoms with E-state index in [2.05, 4.69) is 6.92 Å².